The van der Waals surface area contributed by atoms with Crippen LogP contribution in [0, 0.1) is 0 Å². The van der Waals surface area contributed by atoms with Crippen molar-refractivity contribution in [3.05, 3.63) is 24.0 Å². The maximum absolute atomic E-state index is 14.1. The summed E-state index contributed by atoms with van der Waals surface area (Å²) in [4.78, 5) is 6.35. The molecule has 1 fully saturated rings. The lowest BCUT2D eigenvalue weighted by Gasteiger charge is -2.33. The van der Waals surface area contributed by atoms with Crippen LogP contribution in [0.25, 0.3) is 0 Å². The molecule has 1 aromatic heterocycles. The maximum Gasteiger partial charge on any atom is 0.133 e. The Balaban J connectivity index is 2.08. The number of rotatable bonds is 4. The van der Waals surface area contributed by atoms with Crippen LogP contribution in [0.15, 0.2) is 18.5 Å². The van der Waals surface area contributed by atoms with Crippen LogP contribution in [0.1, 0.15) is 39.2 Å². The van der Waals surface area contributed by atoms with Gasteiger partial charge in [0.25, 0.3) is 0 Å². The molecule has 0 amide bonds. The van der Waals surface area contributed by atoms with Gasteiger partial charge in [0.1, 0.15) is 6.17 Å². The Kier molecular flexibility index (Phi) is 4.63. The minimum atomic E-state index is -0.823. The van der Waals surface area contributed by atoms with E-state index in [4.69, 9.17) is 0 Å². The van der Waals surface area contributed by atoms with Gasteiger partial charge in [0.15, 0.2) is 0 Å². The molecular formula is C16H26FN3. The number of halogens is 1. The molecule has 1 saturated heterocycles. The van der Waals surface area contributed by atoms with E-state index in [2.05, 4.69) is 37.1 Å². The van der Waals surface area contributed by atoms with Gasteiger partial charge in [-0.2, -0.15) is 0 Å². The first-order valence-electron chi connectivity index (χ1n) is 7.47. The van der Waals surface area contributed by atoms with Gasteiger partial charge in [-0.25, -0.2) is 4.39 Å². The molecule has 4 heteroatoms. The molecule has 1 N–H and O–H groups in total. The van der Waals surface area contributed by atoms with E-state index in [1.54, 1.807) is 6.20 Å². The summed E-state index contributed by atoms with van der Waals surface area (Å²) in [6.45, 7) is 8.04. The summed E-state index contributed by atoms with van der Waals surface area (Å²) in [6, 6.07) is 2.01. The second kappa shape index (κ2) is 6.08. The molecule has 0 bridgehead atoms. The molecule has 112 valence electrons. The monoisotopic (exact) mass is 279 g/mol. The van der Waals surface area contributed by atoms with E-state index in [1.807, 2.05) is 18.1 Å². The molecule has 0 saturated carbocycles. The van der Waals surface area contributed by atoms with Crippen molar-refractivity contribution >= 4 is 5.69 Å². The Morgan fingerprint density at radius 2 is 2.20 bits per heavy atom. The average molecular weight is 279 g/mol. The van der Waals surface area contributed by atoms with Crippen molar-refractivity contribution < 1.29 is 4.39 Å². The summed E-state index contributed by atoms with van der Waals surface area (Å²) in [6.07, 6.45) is 4.77. The molecular weight excluding hydrogens is 253 g/mol. The maximum atomic E-state index is 14.1. The van der Waals surface area contributed by atoms with Gasteiger partial charge in [0, 0.05) is 25.5 Å². The highest BCUT2D eigenvalue weighted by Gasteiger charge is 2.27. The fourth-order valence-electron chi connectivity index (χ4n) is 2.53. The lowest BCUT2D eigenvalue weighted by molar-refractivity contribution is 0.149. The number of hydrogen-bond acceptors (Lipinski definition) is 3. The quantitative estimate of drug-likeness (QED) is 0.917. The highest BCUT2D eigenvalue weighted by Crippen LogP contribution is 2.28. The summed E-state index contributed by atoms with van der Waals surface area (Å²) in [7, 11) is 1.97. The largest absolute Gasteiger partial charge is 0.378 e. The fourth-order valence-corrected chi connectivity index (χ4v) is 2.53. The number of hydrogen-bond donors (Lipinski definition) is 1. The third-order valence-corrected chi connectivity index (χ3v) is 4.50. The first-order valence-corrected chi connectivity index (χ1v) is 7.47. The highest BCUT2D eigenvalue weighted by molar-refractivity contribution is 5.45. The van der Waals surface area contributed by atoms with Crippen LogP contribution in [-0.4, -0.2) is 42.2 Å². The summed E-state index contributed by atoms with van der Waals surface area (Å²) >= 11 is 0. The summed E-state index contributed by atoms with van der Waals surface area (Å²) in [5.41, 5.74) is 2.24. The topological polar surface area (TPSA) is 28.2 Å². The van der Waals surface area contributed by atoms with Crippen molar-refractivity contribution in [2.24, 2.45) is 0 Å². The van der Waals surface area contributed by atoms with Crippen LogP contribution in [-0.2, 0) is 5.41 Å². The van der Waals surface area contributed by atoms with Crippen LogP contribution in [0.2, 0.25) is 0 Å². The second-order valence-corrected chi connectivity index (χ2v) is 6.52. The van der Waals surface area contributed by atoms with Gasteiger partial charge in [0.2, 0.25) is 0 Å². The number of aromatic nitrogens is 1. The number of alkyl halides is 1. The Bertz CT molecular complexity index is 447. The number of pyridine rings is 1. The van der Waals surface area contributed by atoms with Gasteiger partial charge >= 0.3 is 0 Å². The van der Waals surface area contributed by atoms with Crippen LogP contribution >= 0.6 is 0 Å². The zero-order valence-corrected chi connectivity index (χ0v) is 13.0. The first kappa shape index (κ1) is 15.2. The molecule has 2 atom stereocenters. The first-order chi connectivity index (χ1) is 9.42. The predicted octanol–water partition coefficient (Wildman–Crippen LogP) is 3.22. The van der Waals surface area contributed by atoms with Gasteiger partial charge < -0.3 is 10.2 Å². The van der Waals surface area contributed by atoms with Crippen molar-refractivity contribution in [2.75, 3.05) is 25.5 Å². The molecule has 1 aromatic rings. The van der Waals surface area contributed by atoms with Crippen molar-refractivity contribution in [1.29, 1.82) is 0 Å². The van der Waals surface area contributed by atoms with Crippen molar-refractivity contribution in [3.8, 4) is 0 Å². The van der Waals surface area contributed by atoms with Gasteiger partial charge in [-0.05, 0) is 36.9 Å². The fraction of sp³-hybridized carbons (Fsp3) is 0.688. The average Bonchev–Trinajstić information content (AvgIpc) is 2.42. The van der Waals surface area contributed by atoms with Crippen LogP contribution in [0.3, 0.4) is 0 Å². The van der Waals surface area contributed by atoms with Gasteiger partial charge in [-0.1, -0.05) is 20.8 Å². The van der Waals surface area contributed by atoms with E-state index in [9.17, 15) is 4.39 Å². The molecule has 1 aliphatic rings. The highest BCUT2D eigenvalue weighted by atomic mass is 19.1. The number of nitrogens with one attached hydrogen (secondary N) is 1. The SMILES string of the molecule is CCC(C)(C)c1cncc(NC2CCN(C)CC2F)c1. The Labute approximate surface area is 121 Å². The lowest BCUT2D eigenvalue weighted by Crippen LogP contribution is -2.46. The minimum Gasteiger partial charge on any atom is -0.378 e. The number of nitrogens with zero attached hydrogens (tertiary/aromatic N) is 2. The molecule has 2 heterocycles. The van der Waals surface area contributed by atoms with E-state index in [-0.39, 0.29) is 11.5 Å². The molecule has 1 aliphatic heterocycles. The van der Waals surface area contributed by atoms with Crippen LogP contribution in [0.5, 0.6) is 0 Å². The van der Waals surface area contributed by atoms with E-state index >= 15 is 0 Å². The number of likely N-dealkylation sites (tertiary alicyclic amines) is 1. The Hall–Kier alpha value is -1.16. The summed E-state index contributed by atoms with van der Waals surface area (Å²) < 4.78 is 14.1. The van der Waals surface area contributed by atoms with E-state index in [1.165, 1.54) is 5.56 Å². The van der Waals surface area contributed by atoms with E-state index in [0.29, 0.717) is 6.54 Å². The minimum absolute atomic E-state index is 0.104. The lowest BCUT2D eigenvalue weighted by atomic mass is 9.83. The summed E-state index contributed by atoms with van der Waals surface area (Å²) in [5.74, 6) is 0. The Morgan fingerprint density at radius 3 is 2.85 bits per heavy atom. The zero-order valence-electron chi connectivity index (χ0n) is 13.0. The molecule has 3 nitrogen and oxygen atoms in total. The third kappa shape index (κ3) is 3.48. The van der Waals surface area contributed by atoms with E-state index < -0.39 is 6.17 Å². The number of anilines is 1. The second-order valence-electron chi connectivity index (χ2n) is 6.52. The van der Waals surface area contributed by atoms with Gasteiger partial charge in [-0.15, -0.1) is 0 Å². The molecule has 20 heavy (non-hydrogen) atoms. The predicted molar refractivity (Wildman–Crippen MR) is 82.0 cm³/mol. The standard InChI is InChI=1S/C16H26FN3/c1-5-16(2,3)12-8-13(10-18-9-12)19-15-6-7-20(4)11-14(15)17/h8-10,14-15,19H,5-7,11H2,1-4H3. The molecule has 2 rings (SSSR count). The summed E-state index contributed by atoms with van der Waals surface area (Å²) in [5, 5.41) is 3.32. The molecule has 2 unspecified atom stereocenters. The van der Waals surface area contributed by atoms with Gasteiger partial charge in [-0.3, -0.25) is 4.98 Å². The van der Waals surface area contributed by atoms with Gasteiger partial charge in [0.05, 0.1) is 11.7 Å². The molecule has 0 aliphatic carbocycles. The van der Waals surface area contributed by atoms with Crippen molar-refractivity contribution in [3.63, 3.8) is 0 Å². The molecule has 0 aromatic carbocycles. The van der Waals surface area contributed by atoms with Crippen LogP contribution < -0.4 is 5.32 Å². The molecule has 0 spiro atoms. The van der Waals surface area contributed by atoms with Crippen molar-refractivity contribution in [2.45, 2.75) is 51.2 Å². The molecule has 0 radical (unpaired) electrons. The van der Waals surface area contributed by atoms with Crippen molar-refractivity contribution in [1.82, 2.24) is 9.88 Å². The third-order valence-electron chi connectivity index (χ3n) is 4.50. The normalized spacial score (nSPS) is 24.6. The van der Waals surface area contributed by atoms with E-state index in [0.717, 1.165) is 25.1 Å². The Morgan fingerprint density at radius 1 is 1.45 bits per heavy atom. The number of piperidine rings is 1. The zero-order chi connectivity index (χ0) is 14.8. The van der Waals surface area contributed by atoms with Crippen LogP contribution in [0.4, 0.5) is 10.1 Å². The smallest absolute Gasteiger partial charge is 0.133 e.